The quantitative estimate of drug-likeness (QED) is 0.621. The molecule has 0 saturated heterocycles. The maximum absolute atomic E-state index is 12.3. The number of ether oxygens (including phenoxy) is 1. The van der Waals surface area contributed by atoms with Gasteiger partial charge in [0, 0.05) is 17.5 Å². The maximum atomic E-state index is 12.3. The van der Waals surface area contributed by atoms with E-state index in [1.165, 1.54) is 26.2 Å². The van der Waals surface area contributed by atoms with Gasteiger partial charge in [-0.05, 0) is 38.1 Å². The number of hydrogen-bond donors (Lipinski definition) is 1. The lowest BCUT2D eigenvalue weighted by molar-refractivity contribution is -0.123. The summed E-state index contributed by atoms with van der Waals surface area (Å²) in [6.45, 7) is 2.87. The van der Waals surface area contributed by atoms with Crippen molar-refractivity contribution in [3.8, 4) is 0 Å². The normalized spacial score (nSPS) is 12.7. The van der Waals surface area contributed by atoms with Gasteiger partial charge in [-0.25, -0.2) is 4.79 Å². The molecule has 2 rings (SSSR count). The Bertz CT molecular complexity index is 878. The molecule has 1 N–H and O–H groups in total. The maximum Gasteiger partial charge on any atom is 0.340 e. The van der Waals surface area contributed by atoms with Gasteiger partial charge in [0.15, 0.2) is 11.9 Å². The number of carbonyl (C=O) groups is 3. The number of ketones is 1. The molecule has 0 aliphatic heterocycles. The molecule has 2 atom stereocenters. The van der Waals surface area contributed by atoms with Crippen molar-refractivity contribution in [1.29, 1.82) is 0 Å². The summed E-state index contributed by atoms with van der Waals surface area (Å²) < 4.78 is 16.9. The standard InChI is InChI=1S/C19H19NO5S/c1-12(21)14-7-6-8-15(11-14)20-18(22)13(2)25-19(23)16-9-4-5-10-17(16)26(3)24/h4-11,13H,1-3H3,(H,20,22)/t13-,26+/m1/s1. The van der Waals surface area contributed by atoms with Gasteiger partial charge < -0.3 is 10.1 Å². The summed E-state index contributed by atoms with van der Waals surface area (Å²) in [5.74, 6) is -1.38. The molecule has 0 aliphatic carbocycles. The fourth-order valence-corrected chi connectivity index (χ4v) is 2.95. The number of hydrogen-bond acceptors (Lipinski definition) is 5. The first-order valence-corrected chi connectivity index (χ1v) is 9.40. The van der Waals surface area contributed by atoms with Gasteiger partial charge in [0.05, 0.1) is 21.3 Å². The molecule has 26 heavy (non-hydrogen) atoms. The van der Waals surface area contributed by atoms with Crippen LogP contribution in [-0.2, 0) is 20.3 Å². The molecule has 0 saturated carbocycles. The van der Waals surface area contributed by atoms with Crippen LogP contribution in [-0.4, -0.2) is 34.2 Å². The van der Waals surface area contributed by atoms with Gasteiger partial charge in [-0.2, -0.15) is 0 Å². The van der Waals surface area contributed by atoms with E-state index in [2.05, 4.69) is 5.32 Å². The summed E-state index contributed by atoms with van der Waals surface area (Å²) in [5, 5.41) is 2.60. The molecular formula is C19H19NO5S. The largest absolute Gasteiger partial charge is 0.449 e. The minimum atomic E-state index is -1.36. The van der Waals surface area contributed by atoms with E-state index in [1.807, 2.05) is 0 Å². The van der Waals surface area contributed by atoms with E-state index in [-0.39, 0.29) is 11.3 Å². The second kappa shape index (κ2) is 8.53. The van der Waals surface area contributed by atoms with E-state index in [0.717, 1.165) is 0 Å². The average molecular weight is 373 g/mol. The van der Waals surface area contributed by atoms with Crippen molar-refractivity contribution in [2.75, 3.05) is 11.6 Å². The molecule has 0 radical (unpaired) electrons. The summed E-state index contributed by atoms with van der Waals surface area (Å²) in [6, 6.07) is 12.8. The van der Waals surface area contributed by atoms with Crippen LogP contribution in [0.1, 0.15) is 34.6 Å². The Labute approximate surface area is 154 Å². The summed E-state index contributed by atoms with van der Waals surface area (Å²) in [7, 11) is -1.36. The van der Waals surface area contributed by atoms with E-state index in [1.54, 1.807) is 42.5 Å². The molecule has 2 aromatic rings. The Morgan fingerprint density at radius 1 is 1.08 bits per heavy atom. The number of amides is 1. The zero-order chi connectivity index (χ0) is 19.3. The van der Waals surface area contributed by atoms with Gasteiger partial charge in [-0.1, -0.05) is 24.3 Å². The number of benzene rings is 2. The number of Topliss-reactive ketones (excluding diaryl/α,β-unsaturated/α-hetero) is 1. The van der Waals surface area contributed by atoms with Crippen molar-refractivity contribution < 1.29 is 23.3 Å². The summed E-state index contributed by atoms with van der Waals surface area (Å²) >= 11 is 0. The lowest BCUT2D eigenvalue weighted by atomic mass is 10.1. The smallest absolute Gasteiger partial charge is 0.340 e. The van der Waals surface area contributed by atoms with Gasteiger partial charge in [-0.15, -0.1) is 0 Å². The molecule has 0 heterocycles. The van der Waals surface area contributed by atoms with Gasteiger partial charge >= 0.3 is 5.97 Å². The zero-order valence-electron chi connectivity index (χ0n) is 14.6. The molecule has 0 fully saturated rings. The fraction of sp³-hybridized carbons (Fsp3) is 0.211. The summed E-state index contributed by atoms with van der Waals surface area (Å²) in [5.41, 5.74) is 1.05. The van der Waals surface area contributed by atoms with Crippen molar-refractivity contribution >= 4 is 34.1 Å². The van der Waals surface area contributed by atoms with Gasteiger partial charge in [0.25, 0.3) is 5.91 Å². The lowest BCUT2D eigenvalue weighted by Crippen LogP contribution is -2.30. The van der Waals surface area contributed by atoms with Crippen LogP contribution < -0.4 is 5.32 Å². The Kier molecular flexibility index (Phi) is 6.41. The molecular weight excluding hydrogens is 354 g/mol. The molecule has 0 aromatic heterocycles. The Hall–Kier alpha value is -2.80. The molecule has 0 spiro atoms. The van der Waals surface area contributed by atoms with Crippen LogP contribution in [0.15, 0.2) is 53.4 Å². The predicted octanol–water partition coefficient (Wildman–Crippen LogP) is 2.81. The molecule has 6 nitrogen and oxygen atoms in total. The van der Waals surface area contributed by atoms with E-state index in [4.69, 9.17) is 4.74 Å². The van der Waals surface area contributed by atoms with Gasteiger partial charge in [-0.3, -0.25) is 13.8 Å². The second-order valence-electron chi connectivity index (χ2n) is 5.62. The zero-order valence-corrected chi connectivity index (χ0v) is 15.5. The monoisotopic (exact) mass is 373 g/mol. The Balaban J connectivity index is 2.07. The van der Waals surface area contributed by atoms with E-state index >= 15 is 0 Å². The fourth-order valence-electron chi connectivity index (χ4n) is 2.22. The van der Waals surface area contributed by atoms with Crippen LogP contribution in [0.5, 0.6) is 0 Å². The third-order valence-electron chi connectivity index (χ3n) is 3.61. The predicted molar refractivity (Wildman–Crippen MR) is 98.7 cm³/mol. The first kappa shape index (κ1) is 19.5. The molecule has 2 aromatic carbocycles. The van der Waals surface area contributed by atoms with Crippen LogP contribution >= 0.6 is 0 Å². The average Bonchev–Trinajstić information content (AvgIpc) is 2.61. The third-order valence-corrected chi connectivity index (χ3v) is 4.58. The van der Waals surface area contributed by atoms with Crippen molar-refractivity contribution in [2.24, 2.45) is 0 Å². The van der Waals surface area contributed by atoms with E-state index in [0.29, 0.717) is 16.1 Å². The Morgan fingerprint density at radius 3 is 2.42 bits per heavy atom. The van der Waals surface area contributed by atoms with Crippen LogP contribution in [0.3, 0.4) is 0 Å². The number of anilines is 1. The number of esters is 1. The molecule has 0 unspecified atom stereocenters. The van der Waals surface area contributed by atoms with Gasteiger partial charge in [0.2, 0.25) is 0 Å². The topological polar surface area (TPSA) is 89.5 Å². The highest BCUT2D eigenvalue weighted by molar-refractivity contribution is 7.84. The third kappa shape index (κ3) is 4.86. The lowest BCUT2D eigenvalue weighted by Gasteiger charge is -2.15. The van der Waals surface area contributed by atoms with Crippen molar-refractivity contribution in [3.63, 3.8) is 0 Å². The molecule has 0 bridgehead atoms. The molecule has 0 aliphatic rings. The Morgan fingerprint density at radius 2 is 1.77 bits per heavy atom. The van der Waals surface area contributed by atoms with Crippen molar-refractivity contribution in [3.05, 3.63) is 59.7 Å². The number of nitrogens with one attached hydrogen (secondary N) is 1. The van der Waals surface area contributed by atoms with Crippen molar-refractivity contribution in [1.82, 2.24) is 0 Å². The number of carbonyl (C=O) groups excluding carboxylic acids is 3. The second-order valence-corrected chi connectivity index (χ2v) is 6.97. The van der Waals surface area contributed by atoms with Crippen LogP contribution in [0.2, 0.25) is 0 Å². The minimum absolute atomic E-state index is 0.121. The minimum Gasteiger partial charge on any atom is -0.449 e. The molecule has 7 heteroatoms. The van der Waals surface area contributed by atoms with Crippen LogP contribution in [0, 0.1) is 0 Å². The molecule has 136 valence electrons. The first-order chi connectivity index (χ1) is 12.3. The summed E-state index contributed by atoms with van der Waals surface area (Å²) in [6.07, 6.45) is 0.395. The van der Waals surface area contributed by atoms with E-state index in [9.17, 15) is 18.6 Å². The molecule has 1 amide bonds. The highest BCUT2D eigenvalue weighted by Crippen LogP contribution is 2.16. The van der Waals surface area contributed by atoms with E-state index < -0.39 is 28.8 Å². The highest BCUT2D eigenvalue weighted by Gasteiger charge is 2.21. The SMILES string of the molecule is CC(=O)c1cccc(NC(=O)[C@@H](C)OC(=O)c2ccccc2[S@](C)=O)c1. The van der Waals surface area contributed by atoms with Crippen molar-refractivity contribution in [2.45, 2.75) is 24.8 Å². The summed E-state index contributed by atoms with van der Waals surface area (Å²) in [4.78, 5) is 36.3. The number of rotatable bonds is 6. The van der Waals surface area contributed by atoms with Crippen LogP contribution in [0.25, 0.3) is 0 Å². The van der Waals surface area contributed by atoms with Crippen LogP contribution in [0.4, 0.5) is 5.69 Å². The van der Waals surface area contributed by atoms with Gasteiger partial charge in [0.1, 0.15) is 0 Å². The first-order valence-electron chi connectivity index (χ1n) is 7.85. The highest BCUT2D eigenvalue weighted by atomic mass is 32.2.